The minimum Gasteiger partial charge on any atom is -0.377 e. The molecule has 0 bridgehead atoms. The van der Waals surface area contributed by atoms with Crippen LogP contribution < -0.4 is 0 Å². The molecule has 5 nitrogen and oxygen atoms in total. The van der Waals surface area contributed by atoms with Gasteiger partial charge in [-0.05, 0) is 45.4 Å². The van der Waals surface area contributed by atoms with Crippen molar-refractivity contribution in [3.63, 3.8) is 0 Å². The van der Waals surface area contributed by atoms with Gasteiger partial charge in [0, 0.05) is 43.8 Å². The number of amides is 1. The van der Waals surface area contributed by atoms with Crippen molar-refractivity contribution in [2.24, 2.45) is 5.92 Å². The van der Waals surface area contributed by atoms with Gasteiger partial charge in [-0.15, -0.1) is 0 Å². The number of carbonyl (C=O) groups excluding carboxylic acids is 1. The molecule has 1 aliphatic carbocycles. The molecule has 0 N–H and O–H groups in total. The van der Waals surface area contributed by atoms with E-state index in [1.807, 2.05) is 20.0 Å². The maximum atomic E-state index is 12.8. The molecule has 3 rings (SSSR count). The molecule has 0 radical (unpaired) electrons. The lowest BCUT2D eigenvalue weighted by Crippen LogP contribution is -2.40. The second kappa shape index (κ2) is 9.45. The third-order valence-electron chi connectivity index (χ3n) is 5.83. The van der Waals surface area contributed by atoms with Crippen LogP contribution in [-0.4, -0.2) is 40.5 Å². The maximum absolute atomic E-state index is 12.8. The van der Waals surface area contributed by atoms with Crippen molar-refractivity contribution in [1.29, 1.82) is 0 Å². The molecule has 0 spiro atoms. The minimum absolute atomic E-state index is 0.302. The van der Waals surface area contributed by atoms with Crippen molar-refractivity contribution in [2.75, 3.05) is 19.7 Å². The monoisotopic (exact) mass is 359 g/mol. The molecule has 1 amide bonds. The highest BCUT2D eigenvalue weighted by Crippen LogP contribution is 2.31. The number of hydrogen-bond donors (Lipinski definition) is 0. The van der Waals surface area contributed by atoms with Gasteiger partial charge in [0.25, 0.3) is 0 Å². The molecule has 5 heteroatoms. The maximum Gasteiger partial charge on any atom is 0.222 e. The van der Waals surface area contributed by atoms with Crippen LogP contribution in [0, 0.1) is 12.8 Å². The van der Waals surface area contributed by atoms with Gasteiger partial charge in [0.2, 0.25) is 5.91 Å². The summed E-state index contributed by atoms with van der Waals surface area (Å²) in [5.41, 5.74) is 2.16. The Morgan fingerprint density at radius 2 is 2.04 bits per heavy atom. The van der Waals surface area contributed by atoms with Crippen LogP contribution in [0.1, 0.15) is 81.3 Å². The third kappa shape index (κ3) is 5.03. The quantitative estimate of drug-likeness (QED) is 0.770. The first-order valence-corrected chi connectivity index (χ1v) is 10.3. The van der Waals surface area contributed by atoms with Gasteiger partial charge in [-0.2, -0.15) is 0 Å². The summed E-state index contributed by atoms with van der Waals surface area (Å²) < 4.78 is 5.61. The SMILES string of the molecule is CCOCc1cnc(C)nc1C1CCCN(C(=O)CC2CCCCC2)C1. The molecular formula is C21H33N3O2. The number of carbonyl (C=O) groups is 1. The molecule has 1 atom stereocenters. The fourth-order valence-corrected chi connectivity index (χ4v) is 4.38. The zero-order valence-electron chi connectivity index (χ0n) is 16.4. The molecule has 1 unspecified atom stereocenters. The Morgan fingerprint density at radius 1 is 1.23 bits per heavy atom. The lowest BCUT2D eigenvalue weighted by Gasteiger charge is -2.34. The average molecular weight is 360 g/mol. The number of hydrogen-bond acceptors (Lipinski definition) is 4. The highest BCUT2D eigenvalue weighted by Gasteiger charge is 2.29. The van der Waals surface area contributed by atoms with Gasteiger partial charge >= 0.3 is 0 Å². The summed E-state index contributed by atoms with van der Waals surface area (Å²) in [6.45, 7) is 6.86. The van der Waals surface area contributed by atoms with E-state index in [0.29, 0.717) is 31.0 Å². The largest absolute Gasteiger partial charge is 0.377 e. The van der Waals surface area contributed by atoms with Crippen molar-refractivity contribution < 1.29 is 9.53 Å². The molecule has 2 heterocycles. The molecule has 1 aliphatic heterocycles. The van der Waals surface area contributed by atoms with Crippen LogP contribution in [0.4, 0.5) is 0 Å². The van der Waals surface area contributed by atoms with Crippen molar-refractivity contribution in [3.05, 3.63) is 23.3 Å². The van der Waals surface area contributed by atoms with Crippen LogP contribution in [-0.2, 0) is 16.1 Å². The topological polar surface area (TPSA) is 55.3 Å². The van der Waals surface area contributed by atoms with Crippen molar-refractivity contribution in [1.82, 2.24) is 14.9 Å². The predicted molar refractivity (Wildman–Crippen MR) is 102 cm³/mol. The van der Waals surface area contributed by atoms with Crippen LogP contribution in [0.25, 0.3) is 0 Å². The van der Waals surface area contributed by atoms with Gasteiger partial charge in [0.05, 0.1) is 12.3 Å². The zero-order chi connectivity index (χ0) is 18.4. The molecule has 2 aliphatic rings. The highest BCUT2D eigenvalue weighted by atomic mass is 16.5. The molecule has 144 valence electrons. The smallest absolute Gasteiger partial charge is 0.222 e. The first-order chi connectivity index (χ1) is 12.7. The van der Waals surface area contributed by atoms with Gasteiger partial charge < -0.3 is 9.64 Å². The molecule has 1 saturated carbocycles. The van der Waals surface area contributed by atoms with E-state index in [-0.39, 0.29) is 0 Å². The summed E-state index contributed by atoms with van der Waals surface area (Å²) in [5.74, 6) is 2.05. The fourth-order valence-electron chi connectivity index (χ4n) is 4.38. The number of ether oxygens (including phenoxy) is 1. The highest BCUT2D eigenvalue weighted by molar-refractivity contribution is 5.76. The number of aromatic nitrogens is 2. The summed E-state index contributed by atoms with van der Waals surface area (Å²) in [7, 11) is 0. The molecule has 0 aromatic carbocycles. The number of aryl methyl sites for hydroxylation is 1. The van der Waals surface area contributed by atoms with E-state index in [0.717, 1.165) is 49.4 Å². The lowest BCUT2D eigenvalue weighted by molar-refractivity contribution is -0.133. The van der Waals surface area contributed by atoms with E-state index in [1.54, 1.807) is 0 Å². The molecule has 1 aromatic rings. The van der Waals surface area contributed by atoms with Crippen molar-refractivity contribution >= 4 is 5.91 Å². The molecule has 1 saturated heterocycles. The van der Waals surface area contributed by atoms with Gasteiger partial charge in [0.1, 0.15) is 5.82 Å². The van der Waals surface area contributed by atoms with Gasteiger partial charge in [0.15, 0.2) is 0 Å². The summed E-state index contributed by atoms with van der Waals surface area (Å²) in [5, 5.41) is 0. The first kappa shape index (κ1) is 19.3. The number of likely N-dealkylation sites (tertiary alicyclic amines) is 1. The number of nitrogens with zero attached hydrogens (tertiary/aromatic N) is 3. The summed E-state index contributed by atoms with van der Waals surface area (Å²) in [6.07, 6.45) is 11.2. The summed E-state index contributed by atoms with van der Waals surface area (Å²) in [4.78, 5) is 24.0. The normalized spacial score (nSPS) is 21.8. The number of rotatable bonds is 6. The average Bonchev–Trinajstić information content (AvgIpc) is 2.68. The van der Waals surface area contributed by atoms with Gasteiger partial charge in [-0.3, -0.25) is 4.79 Å². The van der Waals surface area contributed by atoms with Crippen LogP contribution in [0.5, 0.6) is 0 Å². The fraction of sp³-hybridized carbons (Fsp3) is 0.762. The molecule has 26 heavy (non-hydrogen) atoms. The van der Waals surface area contributed by atoms with Crippen LogP contribution in [0.2, 0.25) is 0 Å². The van der Waals surface area contributed by atoms with E-state index in [1.165, 1.54) is 32.1 Å². The lowest BCUT2D eigenvalue weighted by atomic mass is 9.86. The van der Waals surface area contributed by atoms with E-state index >= 15 is 0 Å². The van der Waals surface area contributed by atoms with E-state index in [9.17, 15) is 4.79 Å². The Hall–Kier alpha value is -1.49. The molecular weight excluding hydrogens is 326 g/mol. The Morgan fingerprint density at radius 3 is 2.81 bits per heavy atom. The zero-order valence-corrected chi connectivity index (χ0v) is 16.4. The first-order valence-electron chi connectivity index (χ1n) is 10.3. The molecule has 2 fully saturated rings. The van der Waals surface area contributed by atoms with Crippen LogP contribution >= 0.6 is 0 Å². The van der Waals surface area contributed by atoms with E-state index < -0.39 is 0 Å². The Kier molecular flexibility index (Phi) is 7.00. The third-order valence-corrected chi connectivity index (χ3v) is 5.83. The predicted octanol–water partition coefficient (Wildman–Crippen LogP) is 4.00. The van der Waals surface area contributed by atoms with Gasteiger partial charge in [-0.25, -0.2) is 9.97 Å². The Labute approximate surface area is 157 Å². The summed E-state index contributed by atoms with van der Waals surface area (Å²) in [6, 6.07) is 0. The van der Waals surface area contributed by atoms with Crippen molar-refractivity contribution in [3.8, 4) is 0 Å². The van der Waals surface area contributed by atoms with E-state index in [2.05, 4.69) is 9.88 Å². The summed E-state index contributed by atoms with van der Waals surface area (Å²) >= 11 is 0. The number of piperidine rings is 1. The Bertz CT molecular complexity index is 599. The second-order valence-corrected chi connectivity index (χ2v) is 7.85. The van der Waals surface area contributed by atoms with Crippen molar-refractivity contribution in [2.45, 2.75) is 77.7 Å². The van der Waals surface area contributed by atoms with Crippen LogP contribution in [0.15, 0.2) is 6.20 Å². The van der Waals surface area contributed by atoms with Crippen LogP contribution in [0.3, 0.4) is 0 Å². The standard InChI is InChI=1S/C21H33N3O2/c1-3-26-15-19-13-22-16(2)23-21(19)18-10-7-11-24(14-18)20(25)12-17-8-5-4-6-9-17/h13,17-18H,3-12,14-15H2,1-2H3. The van der Waals surface area contributed by atoms with E-state index in [4.69, 9.17) is 9.72 Å². The molecule has 1 aromatic heterocycles. The Balaban J connectivity index is 1.66. The van der Waals surface area contributed by atoms with Gasteiger partial charge in [-0.1, -0.05) is 19.3 Å². The minimum atomic E-state index is 0.302. The second-order valence-electron chi connectivity index (χ2n) is 7.85.